The minimum atomic E-state index is 0.169. The number of hydrogen-bond donors (Lipinski definition) is 0. The minimum absolute atomic E-state index is 0.169. The van der Waals surface area contributed by atoms with Crippen molar-refractivity contribution in [2.75, 3.05) is 26.3 Å². The Balaban J connectivity index is 1.77. The molecule has 4 rings (SSSR count). The van der Waals surface area contributed by atoms with E-state index >= 15 is 0 Å². The fraction of sp³-hybridized carbons (Fsp3) is 0.500. The van der Waals surface area contributed by atoms with E-state index in [2.05, 4.69) is 26.6 Å². The Labute approximate surface area is 140 Å². The first-order valence-corrected chi connectivity index (χ1v) is 8.22. The zero-order valence-corrected chi connectivity index (χ0v) is 14.0. The molecule has 0 saturated carbocycles. The van der Waals surface area contributed by atoms with Gasteiger partial charge < -0.3 is 9.47 Å². The molecule has 1 unspecified atom stereocenters. The van der Waals surface area contributed by atoms with Crippen LogP contribution in [-0.2, 0) is 11.3 Å². The molecule has 7 heteroatoms. The average Bonchev–Trinajstić information content (AvgIpc) is 3.00. The highest BCUT2D eigenvalue weighted by atomic mass is 35.5. The van der Waals surface area contributed by atoms with E-state index in [0.717, 1.165) is 55.0 Å². The van der Waals surface area contributed by atoms with Crippen LogP contribution in [0.3, 0.4) is 0 Å². The van der Waals surface area contributed by atoms with Crippen LogP contribution in [0.5, 0.6) is 5.75 Å². The fourth-order valence-electron chi connectivity index (χ4n) is 3.17. The van der Waals surface area contributed by atoms with Crippen LogP contribution < -0.4 is 4.74 Å². The summed E-state index contributed by atoms with van der Waals surface area (Å²) in [5.74, 6) is 2.55. The van der Waals surface area contributed by atoms with E-state index in [0.29, 0.717) is 11.6 Å². The molecule has 6 nitrogen and oxygen atoms in total. The molecule has 1 aromatic carbocycles. The summed E-state index contributed by atoms with van der Waals surface area (Å²) in [5, 5.41) is 9.47. The zero-order chi connectivity index (χ0) is 16.0. The van der Waals surface area contributed by atoms with Gasteiger partial charge in [-0.1, -0.05) is 11.6 Å². The lowest BCUT2D eigenvalue weighted by Gasteiger charge is -2.32. The molecule has 0 bridgehead atoms. The molecular formula is C16H19ClN4O2. The van der Waals surface area contributed by atoms with Crippen molar-refractivity contribution >= 4 is 11.6 Å². The molecule has 23 heavy (non-hydrogen) atoms. The molecule has 0 aliphatic carbocycles. The summed E-state index contributed by atoms with van der Waals surface area (Å²) >= 11 is 6.23. The van der Waals surface area contributed by atoms with Crippen molar-refractivity contribution in [3.05, 3.63) is 34.4 Å². The molecular weight excluding hydrogens is 316 g/mol. The number of fused-ring (bicyclic) bond motifs is 3. The SMILES string of the molecule is Cc1cc2c(cc1Cl)OCc1nnc(C(C)N3CCOCC3)n1-2. The maximum Gasteiger partial charge on any atom is 0.175 e. The summed E-state index contributed by atoms with van der Waals surface area (Å²) < 4.78 is 13.3. The number of aromatic nitrogens is 3. The van der Waals surface area contributed by atoms with Gasteiger partial charge in [-0.05, 0) is 25.5 Å². The predicted molar refractivity (Wildman–Crippen MR) is 86.2 cm³/mol. The van der Waals surface area contributed by atoms with Gasteiger partial charge in [0.2, 0.25) is 0 Å². The molecule has 0 N–H and O–H groups in total. The number of benzene rings is 1. The Kier molecular flexibility index (Phi) is 3.75. The van der Waals surface area contributed by atoms with Crippen molar-refractivity contribution in [3.8, 4) is 11.4 Å². The maximum atomic E-state index is 6.23. The number of aryl methyl sites for hydroxylation is 1. The Morgan fingerprint density at radius 1 is 1.22 bits per heavy atom. The molecule has 122 valence electrons. The van der Waals surface area contributed by atoms with Crippen LogP contribution in [0.2, 0.25) is 5.02 Å². The summed E-state index contributed by atoms with van der Waals surface area (Å²) in [6.07, 6.45) is 0. The topological polar surface area (TPSA) is 52.4 Å². The van der Waals surface area contributed by atoms with Gasteiger partial charge in [0.25, 0.3) is 0 Å². The summed E-state index contributed by atoms with van der Waals surface area (Å²) in [6, 6.07) is 4.08. The third-order valence-corrected chi connectivity index (χ3v) is 4.97. The average molecular weight is 335 g/mol. The van der Waals surface area contributed by atoms with Crippen molar-refractivity contribution < 1.29 is 9.47 Å². The second kappa shape index (κ2) is 5.78. The highest BCUT2D eigenvalue weighted by Crippen LogP contribution is 2.36. The van der Waals surface area contributed by atoms with E-state index < -0.39 is 0 Å². The Morgan fingerprint density at radius 2 is 2.00 bits per heavy atom. The van der Waals surface area contributed by atoms with E-state index in [4.69, 9.17) is 21.1 Å². The molecule has 0 radical (unpaired) electrons. The van der Waals surface area contributed by atoms with E-state index in [1.165, 1.54) is 0 Å². The summed E-state index contributed by atoms with van der Waals surface area (Å²) in [6.45, 7) is 7.92. The van der Waals surface area contributed by atoms with Gasteiger partial charge in [0.15, 0.2) is 11.6 Å². The van der Waals surface area contributed by atoms with Crippen molar-refractivity contribution in [3.63, 3.8) is 0 Å². The number of nitrogens with zero attached hydrogens (tertiary/aromatic N) is 4. The first-order chi connectivity index (χ1) is 11.1. The summed E-state index contributed by atoms with van der Waals surface area (Å²) in [4.78, 5) is 2.37. The molecule has 0 spiro atoms. The lowest BCUT2D eigenvalue weighted by atomic mass is 10.1. The van der Waals surface area contributed by atoms with Gasteiger partial charge in [-0.2, -0.15) is 0 Å². The van der Waals surface area contributed by atoms with Gasteiger partial charge in [0, 0.05) is 24.2 Å². The smallest absolute Gasteiger partial charge is 0.175 e. The zero-order valence-electron chi connectivity index (χ0n) is 13.3. The fourth-order valence-corrected chi connectivity index (χ4v) is 3.32. The third kappa shape index (κ3) is 2.51. The van der Waals surface area contributed by atoms with E-state index in [9.17, 15) is 0 Å². The van der Waals surface area contributed by atoms with Crippen LogP contribution in [0.4, 0.5) is 0 Å². The number of halogens is 1. The van der Waals surface area contributed by atoms with Gasteiger partial charge in [0.1, 0.15) is 12.4 Å². The molecule has 1 atom stereocenters. The standard InChI is InChI=1S/C16H19ClN4O2/c1-10-7-13-14(8-12(10)17)23-9-15-18-19-16(21(13)15)11(2)20-3-5-22-6-4-20/h7-8,11H,3-6,9H2,1-2H3. The van der Waals surface area contributed by atoms with E-state index in [1.807, 2.05) is 19.1 Å². The molecule has 2 aromatic rings. The molecule has 0 amide bonds. The molecule has 1 fully saturated rings. The van der Waals surface area contributed by atoms with Gasteiger partial charge in [0.05, 0.1) is 24.9 Å². The first kappa shape index (κ1) is 14.9. The first-order valence-electron chi connectivity index (χ1n) is 7.84. The molecule has 2 aliphatic rings. The second-order valence-corrected chi connectivity index (χ2v) is 6.40. The van der Waals surface area contributed by atoms with Crippen LogP contribution >= 0.6 is 11.6 Å². The van der Waals surface area contributed by atoms with Crippen molar-refractivity contribution in [1.29, 1.82) is 0 Å². The lowest BCUT2D eigenvalue weighted by Crippen LogP contribution is -2.39. The molecule has 1 saturated heterocycles. The van der Waals surface area contributed by atoms with Crippen molar-refractivity contribution in [2.45, 2.75) is 26.5 Å². The number of rotatable bonds is 2. The minimum Gasteiger partial charge on any atom is -0.483 e. The van der Waals surface area contributed by atoms with Gasteiger partial charge in [-0.25, -0.2) is 0 Å². The molecule has 1 aromatic heterocycles. The Morgan fingerprint density at radius 3 is 2.78 bits per heavy atom. The van der Waals surface area contributed by atoms with Crippen LogP contribution in [-0.4, -0.2) is 46.0 Å². The van der Waals surface area contributed by atoms with E-state index in [-0.39, 0.29) is 6.04 Å². The largest absolute Gasteiger partial charge is 0.483 e. The second-order valence-electron chi connectivity index (χ2n) is 5.99. The quantitative estimate of drug-likeness (QED) is 0.844. The van der Waals surface area contributed by atoms with Crippen LogP contribution in [0, 0.1) is 6.92 Å². The third-order valence-electron chi connectivity index (χ3n) is 4.56. The van der Waals surface area contributed by atoms with Gasteiger partial charge in [-0.15, -0.1) is 10.2 Å². The monoisotopic (exact) mass is 334 g/mol. The maximum absolute atomic E-state index is 6.23. The molecule has 3 heterocycles. The lowest BCUT2D eigenvalue weighted by molar-refractivity contribution is 0.0177. The summed E-state index contributed by atoms with van der Waals surface area (Å²) in [5.41, 5.74) is 1.98. The van der Waals surface area contributed by atoms with Crippen LogP contribution in [0.1, 0.15) is 30.2 Å². The highest BCUT2D eigenvalue weighted by molar-refractivity contribution is 6.31. The van der Waals surface area contributed by atoms with Gasteiger partial charge in [-0.3, -0.25) is 9.47 Å². The normalized spacial score (nSPS) is 18.9. The van der Waals surface area contributed by atoms with E-state index in [1.54, 1.807) is 0 Å². The number of ether oxygens (including phenoxy) is 2. The van der Waals surface area contributed by atoms with Crippen LogP contribution in [0.15, 0.2) is 12.1 Å². The Bertz CT molecular complexity index is 740. The predicted octanol–water partition coefficient (Wildman–Crippen LogP) is 2.51. The Hall–Kier alpha value is -1.63. The highest BCUT2D eigenvalue weighted by Gasteiger charge is 2.29. The van der Waals surface area contributed by atoms with Crippen molar-refractivity contribution in [2.24, 2.45) is 0 Å². The number of hydrogen-bond acceptors (Lipinski definition) is 5. The summed E-state index contributed by atoms with van der Waals surface area (Å²) in [7, 11) is 0. The molecule has 2 aliphatic heterocycles. The van der Waals surface area contributed by atoms with Gasteiger partial charge >= 0.3 is 0 Å². The number of morpholine rings is 1. The van der Waals surface area contributed by atoms with Crippen molar-refractivity contribution in [1.82, 2.24) is 19.7 Å². The van der Waals surface area contributed by atoms with Crippen LogP contribution in [0.25, 0.3) is 5.69 Å².